The summed E-state index contributed by atoms with van der Waals surface area (Å²) in [5.74, 6) is 0. The first-order chi connectivity index (χ1) is 7.79. The fourth-order valence-electron chi connectivity index (χ4n) is 1.76. The lowest BCUT2D eigenvalue weighted by molar-refractivity contribution is 0.0159. The molecule has 16 heavy (non-hydrogen) atoms. The van der Waals surface area contributed by atoms with Crippen LogP contribution in [0.2, 0.25) is 0 Å². The number of aliphatic hydroxyl groups excluding tert-OH is 1. The summed E-state index contributed by atoms with van der Waals surface area (Å²) in [6.45, 7) is 2.42. The molecule has 0 atom stereocenters. The Morgan fingerprint density at radius 2 is 2.19 bits per heavy atom. The smallest absolute Gasteiger partial charge is 0.209 e. The molecule has 0 amide bonds. The highest BCUT2D eigenvalue weighted by molar-refractivity contribution is 9.11. The van der Waals surface area contributed by atoms with Crippen molar-refractivity contribution in [2.45, 2.75) is 18.9 Å². The van der Waals surface area contributed by atoms with E-state index < -0.39 is 0 Å². The molecule has 2 rings (SSSR count). The molecule has 0 unspecified atom stereocenters. The summed E-state index contributed by atoms with van der Waals surface area (Å²) in [4.78, 5) is 2.22. The molecule has 7 heteroatoms. The molecule has 0 aliphatic carbocycles. The molecule has 5 nitrogen and oxygen atoms in total. The molecule has 1 N–H and O–H groups in total. The van der Waals surface area contributed by atoms with E-state index in [2.05, 4.69) is 31.0 Å². The maximum Gasteiger partial charge on any atom is 0.209 e. The summed E-state index contributed by atoms with van der Waals surface area (Å²) in [5, 5.41) is 17.7. The van der Waals surface area contributed by atoms with Crippen LogP contribution in [0.5, 0.6) is 0 Å². The van der Waals surface area contributed by atoms with Crippen LogP contribution >= 0.6 is 27.3 Å². The van der Waals surface area contributed by atoms with E-state index in [1.807, 2.05) is 0 Å². The van der Waals surface area contributed by atoms with Crippen molar-refractivity contribution in [3.8, 4) is 0 Å². The molecule has 2 heterocycles. The summed E-state index contributed by atoms with van der Waals surface area (Å²) in [6.07, 6.45) is 2.24. The second kappa shape index (κ2) is 5.90. The van der Waals surface area contributed by atoms with Gasteiger partial charge in [0.1, 0.15) is 0 Å². The van der Waals surface area contributed by atoms with Gasteiger partial charge >= 0.3 is 0 Å². The van der Waals surface area contributed by atoms with Crippen molar-refractivity contribution in [2.24, 2.45) is 0 Å². The van der Waals surface area contributed by atoms with Crippen LogP contribution in [0.25, 0.3) is 0 Å². The molecular formula is C9H14BrN3O2S. The highest BCUT2D eigenvalue weighted by Gasteiger charge is 2.21. The number of aliphatic hydroxyl groups is 1. The van der Waals surface area contributed by atoms with Crippen LogP contribution in [-0.4, -0.2) is 47.7 Å². The number of hydrogen-bond donors (Lipinski definition) is 1. The summed E-state index contributed by atoms with van der Waals surface area (Å²) in [5.41, 5.74) is 0. The van der Waals surface area contributed by atoms with Crippen molar-refractivity contribution in [1.29, 1.82) is 0 Å². The van der Waals surface area contributed by atoms with Gasteiger partial charge in [-0.05, 0) is 28.8 Å². The maximum absolute atomic E-state index is 8.67. The fourth-order valence-corrected chi connectivity index (χ4v) is 2.90. The van der Waals surface area contributed by atoms with Gasteiger partial charge in [0.2, 0.25) is 5.13 Å². The first-order valence-electron chi connectivity index (χ1n) is 5.26. The molecule has 0 spiro atoms. The van der Waals surface area contributed by atoms with Gasteiger partial charge in [-0.3, -0.25) is 0 Å². The molecule has 0 bridgehead atoms. The van der Waals surface area contributed by atoms with E-state index in [4.69, 9.17) is 9.84 Å². The Morgan fingerprint density at radius 3 is 2.75 bits per heavy atom. The molecule has 0 aromatic carbocycles. The van der Waals surface area contributed by atoms with Crippen molar-refractivity contribution in [3.63, 3.8) is 0 Å². The molecule has 1 aromatic heterocycles. The monoisotopic (exact) mass is 307 g/mol. The Labute approximate surface area is 107 Å². The maximum atomic E-state index is 8.67. The Morgan fingerprint density at radius 1 is 1.44 bits per heavy atom. The predicted octanol–water partition coefficient (Wildman–Crippen LogP) is 1.28. The van der Waals surface area contributed by atoms with Crippen LogP contribution in [0, 0.1) is 0 Å². The highest BCUT2D eigenvalue weighted by Crippen LogP contribution is 2.27. The van der Waals surface area contributed by atoms with Gasteiger partial charge < -0.3 is 14.7 Å². The quantitative estimate of drug-likeness (QED) is 0.908. The molecule has 1 aromatic rings. The zero-order valence-electron chi connectivity index (χ0n) is 8.80. The number of piperidine rings is 1. The van der Waals surface area contributed by atoms with Gasteiger partial charge in [0, 0.05) is 13.1 Å². The zero-order valence-corrected chi connectivity index (χ0v) is 11.2. The van der Waals surface area contributed by atoms with E-state index in [0.717, 1.165) is 35.0 Å². The topological polar surface area (TPSA) is 58.5 Å². The van der Waals surface area contributed by atoms with Gasteiger partial charge in [0.25, 0.3) is 0 Å². The number of ether oxygens (including phenoxy) is 1. The van der Waals surface area contributed by atoms with Gasteiger partial charge in [0.05, 0.1) is 19.3 Å². The summed E-state index contributed by atoms with van der Waals surface area (Å²) < 4.78 is 6.32. The second-order valence-electron chi connectivity index (χ2n) is 3.62. The Balaban J connectivity index is 1.81. The number of hydrogen-bond acceptors (Lipinski definition) is 6. The first-order valence-corrected chi connectivity index (χ1v) is 6.87. The minimum atomic E-state index is 0.101. The third-order valence-electron chi connectivity index (χ3n) is 2.55. The second-order valence-corrected chi connectivity index (χ2v) is 5.85. The Hall–Kier alpha value is -0.240. The highest BCUT2D eigenvalue weighted by atomic mass is 79.9. The van der Waals surface area contributed by atoms with E-state index in [9.17, 15) is 0 Å². The average molecular weight is 308 g/mol. The fraction of sp³-hybridized carbons (Fsp3) is 0.778. The van der Waals surface area contributed by atoms with Crippen LogP contribution in [0.3, 0.4) is 0 Å². The number of aromatic nitrogens is 2. The van der Waals surface area contributed by atoms with Crippen molar-refractivity contribution < 1.29 is 9.84 Å². The van der Waals surface area contributed by atoms with Crippen molar-refractivity contribution in [3.05, 3.63) is 3.92 Å². The van der Waals surface area contributed by atoms with Crippen molar-refractivity contribution in [2.75, 3.05) is 31.2 Å². The van der Waals surface area contributed by atoms with E-state index in [1.165, 1.54) is 0 Å². The number of rotatable bonds is 4. The van der Waals surface area contributed by atoms with Crippen LogP contribution in [0.15, 0.2) is 3.92 Å². The van der Waals surface area contributed by atoms with Gasteiger partial charge in [-0.2, -0.15) is 0 Å². The lowest BCUT2D eigenvalue weighted by Gasteiger charge is -2.31. The zero-order chi connectivity index (χ0) is 11.4. The molecular weight excluding hydrogens is 294 g/mol. The third kappa shape index (κ3) is 3.13. The van der Waals surface area contributed by atoms with E-state index in [1.54, 1.807) is 11.3 Å². The van der Waals surface area contributed by atoms with Gasteiger partial charge in [0.15, 0.2) is 3.92 Å². The van der Waals surface area contributed by atoms with Crippen molar-refractivity contribution in [1.82, 2.24) is 10.2 Å². The minimum Gasteiger partial charge on any atom is -0.394 e. The summed E-state index contributed by atoms with van der Waals surface area (Å²) in [7, 11) is 0. The van der Waals surface area contributed by atoms with Crippen LogP contribution in [0.1, 0.15) is 12.8 Å². The molecule has 0 saturated carbocycles. The van der Waals surface area contributed by atoms with Crippen LogP contribution in [0.4, 0.5) is 5.13 Å². The minimum absolute atomic E-state index is 0.101. The molecule has 1 aliphatic heterocycles. The molecule has 1 saturated heterocycles. The first kappa shape index (κ1) is 12.2. The molecule has 0 radical (unpaired) electrons. The summed E-state index contributed by atoms with van der Waals surface area (Å²) >= 11 is 4.86. The van der Waals surface area contributed by atoms with Gasteiger partial charge in [-0.1, -0.05) is 11.3 Å². The molecule has 90 valence electrons. The number of anilines is 1. The normalized spacial score (nSPS) is 18.0. The Kier molecular flexibility index (Phi) is 4.51. The molecule has 1 aliphatic rings. The predicted molar refractivity (Wildman–Crippen MR) is 65.9 cm³/mol. The Bertz CT molecular complexity index is 328. The lowest BCUT2D eigenvalue weighted by atomic mass is 10.1. The third-order valence-corrected chi connectivity index (χ3v) is 3.96. The van der Waals surface area contributed by atoms with Crippen molar-refractivity contribution >= 4 is 32.4 Å². The largest absolute Gasteiger partial charge is 0.394 e. The lowest BCUT2D eigenvalue weighted by Crippen LogP contribution is -2.37. The van der Waals surface area contributed by atoms with Gasteiger partial charge in [-0.15, -0.1) is 10.2 Å². The number of nitrogens with zero attached hydrogens (tertiary/aromatic N) is 3. The van der Waals surface area contributed by atoms with Gasteiger partial charge in [-0.25, -0.2) is 0 Å². The SMILES string of the molecule is OCCOC1CCN(c2nnc(Br)s2)CC1. The average Bonchev–Trinajstić information content (AvgIpc) is 2.74. The number of halogens is 1. The summed E-state index contributed by atoms with van der Waals surface area (Å²) in [6, 6.07) is 0. The van der Waals surface area contributed by atoms with E-state index in [0.29, 0.717) is 6.61 Å². The van der Waals surface area contributed by atoms with E-state index >= 15 is 0 Å². The molecule has 1 fully saturated rings. The van der Waals surface area contributed by atoms with E-state index in [-0.39, 0.29) is 12.7 Å². The van der Waals surface area contributed by atoms with Crippen LogP contribution in [-0.2, 0) is 4.74 Å². The standard InChI is InChI=1S/C9H14BrN3O2S/c10-8-11-12-9(16-8)13-3-1-7(2-4-13)15-6-5-14/h7,14H,1-6H2. The van der Waals surface area contributed by atoms with Crippen LogP contribution < -0.4 is 4.90 Å².